The molecule has 0 saturated heterocycles. The third-order valence-electron chi connectivity index (χ3n) is 3.17. The molecule has 104 valence electrons. The van der Waals surface area contributed by atoms with Gasteiger partial charge in [-0.25, -0.2) is 0 Å². The van der Waals surface area contributed by atoms with Gasteiger partial charge in [0.15, 0.2) is 0 Å². The summed E-state index contributed by atoms with van der Waals surface area (Å²) in [5, 5.41) is 0. The van der Waals surface area contributed by atoms with Crippen LogP contribution < -0.4 is 15.2 Å². The van der Waals surface area contributed by atoms with Crippen LogP contribution in [0.1, 0.15) is 16.7 Å². The van der Waals surface area contributed by atoms with Crippen LogP contribution >= 0.6 is 0 Å². The van der Waals surface area contributed by atoms with Crippen LogP contribution in [0.25, 0.3) is 12.2 Å². The normalized spacial score (nSPS) is 10.8. The highest BCUT2D eigenvalue weighted by molar-refractivity contribution is 5.77. The van der Waals surface area contributed by atoms with E-state index in [1.807, 2.05) is 55.5 Å². The Bertz CT molecular complexity index is 616. The molecule has 0 bridgehead atoms. The zero-order valence-corrected chi connectivity index (χ0v) is 12.0. The van der Waals surface area contributed by atoms with Crippen molar-refractivity contribution in [3.8, 4) is 11.5 Å². The van der Waals surface area contributed by atoms with Gasteiger partial charge < -0.3 is 15.2 Å². The average Bonchev–Trinajstić information content (AvgIpc) is 2.47. The minimum atomic E-state index is 0.744. The molecule has 0 spiro atoms. The molecule has 0 aromatic heterocycles. The van der Waals surface area contributed by atoms with Gasteiger partial charge in [-0.1, -0.05) is 24.3 Å². The Kier molecular flexibility index (Phi) is 4.31. The summed E-state index contributed by atoms with van der Waals surface area (Å²) in [6.07, 6.45) is 4.00. The standard InChI is InChI=1S/C17H19NO2/c1-12-10-16(18)14(11-17(12)20-3)7-4-13-5-8-15(19-2)9-6-13/h4-11H,18H2,1-3H3/b7-4-. The maximum Gasteiger partial charge on any atom is 0.122 e. The number of hydrogen-bond donors (Lipinski definition) is 1. The number of nitrogen functional groups attached to an aromatic ring is 1. The van der Waals surface area contributed by atoms with Crippen molar-refractivity contribution in [1.29, 1.82) is 0 Å². The zero-order chi connectivity index (χ0) is 14.5. The van der Waals surface area contributed by atoms with Gasteiger partial charge in [-0.05, 0) is 42.3 Å². The van der Waals surface area contributed by atoms with E-state index < -0.39 is 0 Å². The Morgan fingerprint density at radius 2 is 1.65 bits per heavy atom. The molecule has 2 rings (SSSR count). The Labute approximate surface area is 119 Å². The summed E-state index contributed by atoms with van der Waals surface area (Å²) in [4.78, 5) is 0. The summed E-state index contributed by atoms with van der Waals surface area (Å²) in [6, 6.07) is 11.7. The molecular weight excluding hydrogens is 250 g/mol. The van der Waals surface area contributed by atoms with Gasteiger partial charge in [0.05, 0.1) is 14.2 Å². The van der Waals surface area contributed by atoms with Gasteiger partial charge >= 0.3 is 0 Å². The van der Waals surface area contributed by atoms with E-state index in [0.717, 1.165) is 33.9 Å². The topological polar surface area (TPSA) is 44.5 Å². The second kappa shape index (κ2) is 6.15. The lowest BCUT2D eigenvalue weighted by atomic mass is 10.1. The summed E-state index contributed by atoms with van der Waals surface area (Å²) in [6.45, 7) is 1.98. The van der Waals surface area contributed by atoms with E-state index in [0.29, 0.717) is 0 Å². The van der Waals surface area contributed by atoms with E-state index in [4.69, 9.17) is 15.2 Å². The molecule has 2 aromatic rings. The molecule has 20 heavy (non-hydrogen) atoms. The highest BCUT2D eigenvalue weighted by Crippen LogP contribution is 2.26. The quantitative estimate of drug-likeness (QED) is 0.679. The molecule has 0 unspecified atom stereocenters. The van der Waals surface area contributed by atoms with E-state index in [9.17, 15) is 0 Å². The number of benzene rings is 2. The second-order valence-electron chi connectivity index (χ2n) is 4.56. The van der Waals surface area contributed by atoms with Crippen molar-refractivity contribution < 1.29 is 9.47 Å². The van der Waals surface area contributed by atoms with E-state index in [-0.39, 0.29) is 0 Å². The summed E-state index contributed by atoms with van der Waals surface area (Å²) in [7, 11) is 3.32. The van der Waals surface area contributed by atoms with E-state index in [1.165, 1.54) is 0 Å². The first-order valence-corrected chi connectivity index (χ1v) is 6.40. The van der Waals surface area contributed by atoms with Crippen molar-refractivity contribution in [3.63, 3.8) is 0 Å². The molecule has 0 radical (unpaired) electrons. The SMILES string of the molecule is COc1ccc(/C=C\c2cc(OC)c(C)cc2N)cc1. The molecule has 2 N–H and O–H groups in total. The van der Waals surface area contributed by atoms with Crippen LogP contribution in [0.4, 0.5) is 5.69 Å². The lowest BCUT2D eigenvalue weighted by Crippen LogP contribution is -1.94. The van der Waals surface area contributed by atoms with Gasteiger partial charge in [-0.2, -0.15) is 0 Å². The number of hydrogen-bond acceptors (Lipinski definition) is 3. The van der Waals surface area contributed by atoms with Crippen LogP contribution in [-0.2, 0) is 0 Å². The van der Waals surface area contributed by atoms with Crippen LogP contribution in [0.3, 0.4) is 0 Å². The number of aryl methyl sites for hydroxylation is 1. The zero-order valence-electron chi connectivity index (χ0n) is 12.0. The van der Waals surface area contributed by atoms with Gasteiger partial charge in [0.1, 0.15) is 11.5 Å². The largest absolute Gasteiger partial charge is 0.497 e. The van der Waals surface area contributed by atoms with Gasteiger partial charge in [-0.15, -0.1) is 0 Å². The van der Waals surface area contributed by atoms with Crippen molar-refractivity contribution >= 4 is 17.8 Å². The fraction of sp³-hybridized carbons (Fsp3) is 0.176. The monoisotopic (exact) mass is 269 g/mol. The molecule has 0 heterocycles. The van der Waals surface area contributed by atoms with Gasteiger partial charge in [0.2, 0.25) is 0 Å². The van der Waals surface area contributed by atoms with Gasteiger partial charge in [0, 0.05) is 11.3 Å². The molecule has 0 saturated carbocycles. The van der Waals surface area contributed by atoms with E-state index in [2.05, 4.69) is 0 Å². The molecule has 3 nitrogen and oxygen atoms in total. The minimum Gasteiger partial charge on any atom is -0.497 e. The first kappa shape index (κ1) is 14.0. The summed E-state index contributed by atoms with van der Waals surface area (Å²) < 4.78 is 10.5. The number of nitrogens with two attached hydrogens (primary N) is 1. The summed E-state index contributed by atoms with van der Waals surface area (Å²) >= 11 is 0. The maximum absolute atomic E-state index is 6.03. The smallest absolute Gasteiger partial charge is 0.122 e. The van der Waals surface area contributed by atoms with Crippen molar-refractivity contribution in [2.24, 2.45) is 0 Å². The van der Waals surface area contributed by atoms with Crippen LogP contribution in [0.2, 0.25) is 0 Å². The Morgan fingerprint density at radius 1 is 0.950 bits per heavy atom. The highest BCUT2D eigenvalue weighted by atomic mass is 16.5. The Hall–Kier alpha value is -2.42. The lowest BCUT2D eigenvalue weighted by Gasteiger charge is -2.08. The number of methoxy groups -OCH3 is 2. The average molecular weight is 269 g/mol. The summed E-state index contributed by atoms with van der Waals surface area (Å²) in [5.74, 6) is 1.69. The molecule has 2 aromatic carbocycles. The number of anilines is 1. The van der Waals surface area contributed by atoms with Crippen molar-refractivity contribution in [2.45, 2.75) is 6.92 Å². The van der Waals surface area contributed by atoms with Crippen LogP contribution in [0, 0.1) is 6.92 Å². The number of ether oxygens (including phenoxy) is 2. The van der Waals surface area contributed by atoms with E-state index in [1.54, 1.807) is 14.2 Å². The summed E-state index contributed by atoms with van der Waals surface area (Å²) in [5.41, 5.74) is 9.84. The van der Waals surface area contributed by atoms with Crippen molar-refractivity contribution in [2.75, 3.05) is 20.0 Å². The van der Waals surface area contributed by atoms with Crippen LogP contribution in [0.15, 0.2) is 36.4 Å². The van der Waals surface area contributed by atoms with Crippen LogP contribution in [-0.4, -0.2) is 14.2 Å². The minimum absolute atomic E-state index is 0.744. The molecular formula is C17H19NO2. The Balaban J connectivity index is 2.26. The van der Waals surface area contributed by atoms with Crippen molar-refractivity contribution in [1.82, 2.24) is 0 Å². The molecule has 0 aliphatic rings. The predicted molar refractivity (Wildman–Crippen MR) is 84.1 cm³/mol. The fourth-order valence-corrected chi connectivity index (χ4v) is 1.99. The second-order valence-corrected chi connectivity index (χ2v) is 4.56. The molecule has 3 heteroatoms. The molecule has 0 aliphatic carbocycles. The third-order valence-corrected chi connectivity index (χ3v) is 3.17. The number of rotatable bonds is 4. The highest BCUT2D eigenvalue weighted by Gasteiger charge is 2.03. The third kappa shape index (κ3) is 3.12. The molecule has 0 amide bonds. The first-order chi connectivity index (χ1) is 9.63. The maximum atomic E-state index is 6.03. The van der Waals surface area contributed by atoms with Gasteiger partial charge in [0.25, 0.3) is 0 Å². The van der Waals surface area contributed by atoms with Crippen LogP contribution in [0.5, 0.6) is 11.5 Å². The lowest BCUT2D eigenvalue weighted by molar-refractivity contribution is 0.411. The fourth-order valence-electron chi connectivity index (χ4n) is 1.99. The predicted octanol–water partition coefficient (Wildman–Crippen LogP) is 3.76. The molecule has 0 fully saturated rings. The Morgan fingerprint density at radius 3 is 2.25 bits per heavy atom. The van der Waals surface area contributed by atoms with E-state index >= 15 is 0 Å². The van der Waals surface area contributed by atoms with Gasteiger partial charge in [-0.3, -0.25) is 0 Å². The first-order valence-electron chi connectivity index (χ1n) is 6.40. The molecule has 0 atom stereocenters. The molecule has 0 aliphatic heterocycles. The van der Waals surface area contributed by atoms with Crippen molar-refractivity contribution in [3.05, 3.63) is 53.1 Å².